The van der Waals surface area contributed by atoms with Crippen molar-refractivity contribution in [3.63, 3.8) is 0 Å². The average Bonchev–Trinajstić information content (AvgIpc) is 3.04. The highest BCUT2D eigenvalue weighted by atomic mass is 32.2. The molecule has 0 bridgehead atoms. The van der Waals surface area contributed by atoms with Crippen LogP contribution >= 0.6 is 0 Å². The first-order valence-corrected chi connectivity index (χ1v) is 9.02. The van der Waals surface area contributed by atoms with E-state index in [4.69, 9.17) is 9.52 Å². The molecule has 1 saturated carbocycles. The molecule has 5 nitrogen and oxygen atoms in total. The van der Waals surface area contributed by atoms with Gasteiger partial charge in [0.1, 0.15) is 23.0 Å². The van der Waals surface area contributed by atoms with Crippen LogP contribution < -0.4 is 0 Å². The first-order chi connectivity index (χ1) is 9.86. The number of sulfonamides is 1. The zero-order valence-corrected chi connectivity index (χ0v) is 13.8. The van der Waals surface area contributed by atoms with E-state index in [2.05, 4.69) is 0 Å². The van der Waals surface area contributed by atoms with Crippen molar-refractivity contribution in [2.24, 2.45) is 5.92 Å². The Balaban J connectivity index is 2.38. The molecule has 21 heavy (non-hydrogen) atoms. The first kappa shape index (κ1) is 16.5. The van der Waals surface area contributed by atoms with Crippen LogP contribution in [0.5, 0.6) is 0 Å². The van der Waals surface area contributed by atoms with E-state index in [1.807, 2.05) is 13.8 Å². The zero-order valence-electron chi connectivity index (χ0n) is 13.0. The molecule has 2 rings (SSSR count). The molecule has 1 aromatic heterocycles. The van der Waals surface area contributed by atoms with Crippen LogP contribution in [0, 0.1) is 12.8 Å². The summed E-state index contributed by atoms with van der Waals surface area (Å²) >= 11 is 0. The molecule has 0 spiro atoms. The second kappa shape index (κ2) is 6.50. The van der Waals surface area contributed by atoms with Gasteiger partial charge in [0.2, 0.25) is 10.0 Å². The Morgan fingerprint density at radius 2 is 2.00 bits per heavy atom. The van der Waals surface area contributed by atoms with Gasteiger partial charge in [0.25, 0.3) is 0 Å². The van der Waals surface area contributed by atoms with Crippen LogP contribution in [-0.2, 0) is 16.6 Å². The number of aliphatic hydroxyl groups excluding tert-OH is 1. The molecule has 1 fully saturated rings. The van der Waals surface area contributed by atoms with E-state index in [1.165, 1.54) is 6.07 Å². The van der Waals surface area contributed by atoms with Gasteiger partial charge in [0.05, 0.1) is 0 Å². The number of aliphatic hydroxyl groups is 1. The van der Waals surface area contributed by atoms with Gasteiger partial charge in [-0.1, -0.05) is 26.7 Å². The van der Waals surface area contributed by atoms with Crippen molar-refractivity contribution in [2.45, 2.75) is 64.0 Å². The van der Waals surface area contributed by atoms with Crippen molar-refractivity contribution in [3.05, 3.63) is 17.6 Å². The van der Waals surface area contributed by atoms with Crippen LogP contribution in [0.3, 0.4) is 0 Å². The second-order valence-electron chi connectivity index (χ2n) is 6.20. The highest BCUT2D eigenvalue weighted by molar-refractivity contribution is 7.89. The molecule has 0 aliphatic heterocycles. The van der Waals surface area contributed by atoms with Gasteiger partial charge < -0.3 is 9.52 Å². The maximum absolute atomic E-state index is 13.0. The number of furan rings is 1. The number of rotatable bonds is 6. The Bertz CT molecular complexity index is 570. The normalized spacial score (nSPS) is 17.2. The van der Waals surface area contributed by atoms with E-state index in [-0.39, 0.29) is 23.5 Å². The van der Waals surface area contributed by atoms with Crippen LogP contribution in [0.2, 0.25) is 0 Å². The average molecular weight is 315 g/mol. The molecule has 1 aromatic rings. The predicted octanol–water partition coefficient (Wildman–Crippen LogP) is 2.67. The molecule has 1 aliphatic rings. The van der Waals surface area contributed by atoms with Crippen molar-refractivity contribution in [2.75, 3.05) is 6.54 Å². The smallest absolute Gasteiger partial charge is 0.246 e. The molecule has 0 radical (unpaired) electrons. The molecule has 1 aliphatic carbocycles. The molecule has 1 N–H and O–H groups in total. The van der Waals surface area contributed by atoms with Crippen molar-refractivity contribution >= 4 is 10.0 Å². The lowest BCUT2D eigenvalue weighted by molar-refractivity contribution is 0.244. The van der Waals surface area contributed by atoms with Gasteiger partial charge in [0.15, 0.2) is 0 Å². The van der Waals surface area contributed by atoms with E-state index >= 15 is 0 Å². The maximum atomic E-state index is 13.0. The van der Waals surface area contributed by atoms with Crippen molar-refractivity contribution < 1.29 is 17.9 Å². The van der Waals surface area contributed by atoms with Crippen LogP contribution in [0.25, 0.3) is 0 Å². The molecular formula is C15H25NO4S. The summed E-state index contributed by atoms with van der Waals surface area (Å²) in [4.78, 5) is 0.194. The lowest BCUT2D eigenvalue weighted by Gasteiger charge is -2.29. The Kier molecular flexibility index (Phi) is 5.11. The molecular weight excluding hydrogens is 290 g/mol. The first-order valence-electron chi connectivity index (χ1n) is 7.58. The van der Waals surface area contributed by atoms with E-state index in [1.54, 1.807) is 11.2 Å². The summed E-state index contributed by atoms with van der Waals surface area (Å²) in [5, 5.41) is 9.13. The van der Waals surface area contributed by atoms with Gasteiger partial charge in [-0.25, -0.2) is 8.42 Å². The highest BCUT2D eigenvalue weighted by Crippen LogP contribution is 2.31. The molecule has 0 amide bonds. The number of aryl methyl sites for hydroxylation is 1. The minimum absolute atomic E-state index is 0.0873. The van der Waals surface area contributed by atoms with Crippen LogP contribution in [0.1, 0.15) is 51.1 Å². The summed E-state index contributed by atoms with van der Waals surface area (Å²) in [6.07, 6.45) is 4.02. The Morgan fingerprint density at radius 3 is 2.48 bits per heavy atom. The van der Waals surface area contributed by atoms with E-state index < -0.39 is 10.0 Å². The number of nitrogens with zero attached hydrogens (tertiary/aromatic N) is 1. The summed E-state index contributed by atoms with van der Waals surface area (Å²) in [7, 11) is -3.57. The Labute approximate surface area is 127 Å². The van der Waals surface area contributed by atoms with Crippen molar-refractivity contribution in [1.82, 2.24) is 4.31 Å². The molecule has 1 heterocycles. The molecule has 0 aromatic carbocycles. The fourth-order valence-electron chi connectivity index (χ4n) is 2.98. The predicted molar refractivity (Wildman–Crippen MR) is 80.4 cm³/mol. The third-order valence-electron chi connectivity index (χ3n) is 3.94. The minimum atomic E-state index is -3.57. The lowest BCUT2D eigenvalue weighted by atomic mass is 10.2. The van der Waals surface area contributed by atoms with Crippen LogP contribution in [0.15, 0.2) is 15.4 Å². The fourth-order valence-corrected chi connectivity index (χ4v) is 5.02. The molecule has 0 unspecified atom stereocenters. The van der Waals surface area contributed by atoms with E-state index in [0.29, 0.717) is 18.1 Å². The second-order valence-corrected chi connectivity index (χ2v) is 8.06. The van der Waals surface area contributed by atoms with Gasteiger partial charge in [-0.2, -0.15) is 4.31 Å². The minimum Gasteiger partial charge on any atom is -0.462 e. The Hall–Kier alpha value is -0.850. The summed E-state index contributed by atoms with van der Waals surface area (Å²) in [6.45, 7) is 5.92. The molecule has 120 valence electrons. The highest BCUT2D eigenvalue weighted by Gasteiger charge is 2.35. The SMILES string of the molecule is Cc1oc(CO)cc1S(=O)(=O)N(CC(C)C)C1CCCC1. The largest absolute Gasteiger partial charge is 0.462 e. The maximum Gasteiger partial charge on any atom is 0.246 e. The van der Waals surface area contributed by atoms with Gasteiger partial charge in [-0.15, -0.1) is 0 Å². The topological polar surface area (TPSA) is 70.8 Å². The number of hydrogen-bond acceptors (Lipinski definition) is 4. The van der Waals surface area contributed by atoms with Gasteiger partial charge in [0, 0.05) is 18.7 Å². The fraction of sp³-hybridized carbons (Fsp3) is 0.733. The summed E-state index contributed by atoms with van der Waals surface area (Å²) < 4.78 is 32.9. The molecule has 6 heteroatoms. The van der Waals surface area contributed by atoms with Crippen molar-refractivity contribution in [3.8, 4) is 0 Å². The van der Waals surface area contributed by atoms with Crippen LogP contribution in [0.4, 0.5) is 0 Å². The monoisotopic (exact) mass is 315 g/mol. The summed E-state index contributed by atoms with van der Waals surface area (Å²) in [6, 6.07) is 1.54. The van der Waals surface area contributed by atoms with Crippen LogP contribution in [-0.4, -0.2) is 30.4 Å². The molecule has 0 saturated heterocycles. The van der Waals surface area contributed by atoms with E-state index in [0.717, 1.165) is 25.7 Å². The zero-order chi connectivity index (χ0) is 15.6. The van der Waals surface area contributed by atoms with E-state index in [9.17, 15) is 8.42 Å². The lowest BCUT2D eigenvalue weighted by Crippen LogP contribution is -2.41. The molecule has 0 atom stereocenters. The standard InChI is InChI=1S/C15H25NO4S/c1-11(2)9-16(13-6-4-5-7-13)21(18,19)15-8-14(10-17)20-12(15)3/h8,11,13,17H,4-7,9-10H2,1-3H3. The van der Waals surface area contributed by atoms with Crippen molar-refractivity contribution in [1.29, 1.82) is 0 Å². The van der Waals surface area contributed by atoms with Gasteiger partial charge >= 0.3 is 0 Å². The summed E-state index contributed by atoms with van der Waals surface area (Å²) in [5.41, 5.74) is 0. The van der Waals surface area contributed by atoms with Gasteiger partial charge in [-0.3, -0.25) is 0 Å². The third kappa shape index (κ3) is 3.49. The Morgan fingerprint density at radius 1 is 1.38 bits per heavy atom. The third-order valence-corrected chi connectivity index (χ3v) is 5.97. The number of hydrogen-bond donors (Lipinski definition) is 1. The van der Waals surface area contributed by atoms with Gasteiger partial charge in [-0.05, 0) is 25.7 Å². The summed E-state index contributed by atoms with van der Waals surface area (Å²) in [5.74, 6) is 0.915. The quantitative estimate of drug-likeness (QED) is 0.876.